The number of rotatable bonds is 2. The van der Waals surface area contributed by atoms with Crippen molar-refractivity contribution < 1.29 is 9.61 Å². The van der Waals surface area contributed by atoms with Gasteiger partial charge in [-0.1, -0.05) is 17.3 Å². The Hall–Kier alpha value is -2.31. The van der Waals surface area contributed by atoms with E-state index in [-0.39, 0.29) is 5.69 Å². The molecule has 0 saturated carbocycles. The first-order valence-electron chi connectivity index (χ1n) is 3.80. The lowest BCUT2D eigenvalue weighted by Gasteiger charge is -1.95. The van der Waals surface area contributed by atoms with Gasteiger partial charge < -0.3 is 0 Å². The molecule has 7 heteroatoms. The molecule has 2 aromatic rings. The second kappa shape index (κ2) is 3.21. The molecule has 2 rings (SSSR count). The highest BCUT2D eigenvalue weighted by atomic mass is 16.6. The van der Waals surface area contributed by atoms with Crippen LogP contribution < -0.4 is 4.68 Å². The standard InChI is InChI=1S/C7H5N5O2/c13-12(14)7-4-2-1-3-6(7)11-5-8-9-10-11/h1-5H/p+1. The maximum Gasteiger partial charge on any atom is 0.310 e. The first-order valence-corrected chi connectivity index (χ1v) is 3.80. The maximum absolute atomic E-state index is 10.7. The molecule has 0 radical (unpaired) electrons. The van der Waals surface area contributed by atoms with E-state index in [9.17, 15) is 10.1 Å². The molecule has 1 aromatic heterocycles. The number of para-hydroxylation sites is 2. The highest BCUT2D eigenvalue weighted by molar-refractivity contribution is 5.45. The number of benzene rings is 1. The summed E-state index contributed by atoms with van der Waals surface area (Å²) >= 11 is 0. The van der Waals surface area contributed by atoms with Crippen molar-refractivity contribution in [1.29, 1.82) is 0 Å². The molecule has 1 N–H and O–H groups in total. The molecular formula is C7H6N5O2+. The number of hydrogen-bond acceptors (Lipinski definition) is 4. The van der Waals surface area contributed by atoms with Crippen molar-refractivity contribution in [2.45, 2.75) is 0 Å². The lowest BCUT2D eigenvalue weighted by Crippen LogP contribution is -2.32. The Labute approximate surface area is 78.1 Å². The molecule has 0 amide bonds. The Morgan fingerprint density at radius 2 is 2.21 bits per heavy atom. The average molecular weight is 192 g/mol. The first-order chi connectivity index (χ1) is 6.79. The summed E-state index contributed by atoms with van der Waals surface area (Å²) in [7, 11) is 0. The van der Waals surface area contributed by atoms with Gasteiger partial charge in [0, 0.05) is 6.07 Å². The summed E-state index contributed by atoms with van der Waals surface area (Å²) < 4.78 is 1.37. The molecule has 0 spiro atoms. The number of aromatic nitrogens is 4. The molecule has 0 aliphatic carbocycles. The Morgan fingerprint density at radius 1 is 1.43 bits per heavy atom. The van der Waals surface area contributed by atoms with Gasteiger partial charge in [0.2, 0.25) is 5.69 Å². The number of hydrogen-bond donors (Lipinski definition) is 1. The maximum atomic E-state index is 10.7. The van der Waals surface area contributed by atoms with Crippen LogP contribution in [0.5, 0.6) is 0 Å². The number of H-pyrrole nitrogens is 1. The highest BCUT2D eigenvalue weighted by Crippen LogP contribution is 2.15. The third-order valence-electron chi connectivity index (χ3n) is 1.72. The fraction of sp³-hybridized carbons (Fsp3) is 0. The predicted octanol–water partition coefficient (Wildman–Crippen LogP) is -0.0104. The Balaban J connectivity index is 2.58. The van der Waals surface area contributed by atoms with Crippen molar-refractivity contribution in [1.82, 2.24) is 15.5 Å². The molecular weight excluding hydrogens is 186 g/mol. The monoisotopic (exact) mass is 192 g/mol. The summed E-state index contributed by atoms with van der Waals surface area (Å²) in [5.74, 6) is 0. The topological polar surface area (TPSA) is 88.6 Å². The smallest absolute Gasteiger partial charge is 0.258 e. The molecule has 1 heterocycles. The minimum absolute atomic E-state index is 0.00329. The van der Waals surface area contributed by atoms with Gasteiger partial charge >= 0.3 is 5.69 Å². The van der Waals surface area contributed by atoms with Crippen LogP contribution in [-0.4, -0.2) is 20.4 Å². The summed E-state index contributed by atoms with van der Waals surface area (Å²) in [6.45, 7) is 0. The van der Waals surface area contributed by atoms with Crippen LogP contribution in [0.2, 0.25) is 0 Å². The summed E-state index contributed by atoms with van der Waals surface area (Å²) in [5.41, 5.74) is 0.408. The molecule has 0 bridgehead atoms. The fourth-order valence-corrected chi connectivity index (χ4v) is 1.12. The summed E-state index contributed by atoms with van der Waals surface area (Å²) in [6, 6.07) is 6.34. The van der Waals surface area contributed by atoms with Crippen molar-refractivity contribution in [2.24, 2.45) is 0 Å². The zero-order valence-corrected chi connectivity index (χ0v) is 6.99. The van der Waals surface area contributed by atoms with Crippen LogP contribution in [0.15, 0.2) is 30.6 Å². The van der Waals surface area contributed by atoms with Gasteiger partial charge in [0.25, 0.3) is 6.33 Å². The van der Waals surface area contributed by atoms with Crippen LogP contribution in [-0.2, 0) is 0 Å². The van der Waals surface area contributed by atoms with E-state index in [2.05, 4.69) is 15.5 Å². The molecule has 0 aliphatic rings. The Bertz CT molecular complexity index is 453. The predicted molar refractivity (Wildman–Crippen MR) is 44.6 cm³/mol. The van der Waals surface area contributed by atoms with Crippen LogP contribution >= 0.6 is 0 Å². The minimum atomic E-state index is -0.455. The molecule has 1 aromatic carbocycles. The van der Waals surface area contributed by atoms with Gasteiger partial charge in [0.05, 0.1) is 4.92 Å². The molecule has 14 heavy (non-hydrogen) atoms. The molecule has 0 atom stereocenters. The Kier molecular flexibility index (Phi) is 1.90. The summed E-state index contributed by atoms with van der Waals surface area (Å²) in [6.07, 6.45) is 1.36. The van der Waals surface area contributed by atoms with Crippen LogP contribution in [0.25, 0.3) is 5.69 Å². The van der Waals surface area contributed by atoms with Gasteiger partial charge in [0.1, 0.15) is 5.10 Å². The van der Waals surface area contributed by atoms with Crippen LogP contribution in [0.4, 0.5) is 5.69 Å². The number of nitrogens with zero attached hydrogens (tertiary/aromatic N) is 4. The van der Waals surface area contributed by atoms with Crippen LogP contribution in [0.3, 0.4) is 0 Å². The summed E-state index contributed by atoms with van der Waals surface area (Å²) in [5, 5.41) is 20.2. The molecule has 0 aliphatic heterocycles. The van der Waals surface area contributed by atoms with E-state index in [1.807, 2.05) is 0 Å². The zero-order chi connectivity index (χ0) is 9.97. The fourth-order valence-electron chi connectivity index (χ4n) is 1.12. The van der Waals surface area contributed by atoms with Crippen molar-refractivity contribution >= 4 is 5.69 Å². The van der Waals surface area contributed by atoms with E-state index in [4.69, 9.17) is 0 Å². The van der Waals surface area contributed by atoms with Crippen molar-refractivity contribution in [3.8, 4) is 5.69 Å². The van der Waals surface area contributed by atoms with E-state index >= 15 is 0 Å². The minimum Gasteiger partial charge on any atom is -0.258 e. The second-order valence-electron chi connectivity index (χ2n) is 2.55. The zero-order valence-electron chi connectivity index (χ0n) is 6.99. The van der Waals surface area contributed by atoms with Gasteiger partial charge in [0.15, 0.2) is 5.21 Å². The van der Waals surface area contributed by atoms with Gasteiger partial charge in [-0.2, -0.15) is 0 Å². The molecule has 0 unspecified atom stereocenters. The van der Waals surface area contributed by atoms with E-state index in [0.29, 0.717) is 5.69 Å². The van der Waals surface area contributed by atoms with Gasteiger partial charge in [-0.25, -0.2) is 0 Å². The molecule has 0 saturated heterocycles. The lowest BCUT2D eigenvalue weighted by atomic mass is 10.3. The number of nitro benzene ring substituents is 1. The number of nitro groups is 1. The normalized spacial score (nSPS) is 10.0. The molecule has 7 nitrogen and oxygen atoms in total. The van der Waals surface area contributed by atoms with Crippen LogP contribution in [0.1, 0.15) is 0 Å². The van der Waals surface area contributed by atoms with E-state index in [1.54, 1.807) is 18.2 Å². The third-order valence-corrected chi connectivity index (χ3v) is 1.72. The van der Waals surface area contributed by atoms with Crippen molar-refractivity contribution in [3.05, 3.63) is 40.7 Å². The highest BCUT2D eigenvalue weighted by Gasteiger charge is 2.17. The van der Waals surface area contributed by atoms with Gasteiger partial charge in [-0.05, 0) is 6.07 Å². The quantitative estimate of drug-likeness (QED) is 0.411. The first kappa shape index (κ1) is 8.30. The van der Waals surface area contributed by atoms with Crippen molar-refractivity contribution in [3.63, 3.8) is 0 Å². The lowest BCUT2D eigenvalue weighted by molar-refractivity contribution is -0.663. The molecule has 70 valence electrons. The van der Waals surface area contributed by atoms with Crippen LogP contribution in [0, 0.1) is 10.1 Å². The Morgan fingerprint density at radius 3 is 2.86 bits per heavy atom. The number of tetrazole rings is 1. The SMILES string of the molecule is O=[N+]([O-])c1ccccc1-[n+]1cnn[nH]1. The summed E-state index contributed by atoms with van der Waals surface area (Å²) in [4.78, 5) is 10.2. The third kappa shape index (κ3) is 1.30. The van der Waals surface area contributed by atoms with E-state index in [1.165, 1.54) is 17.1 Å². The average Bonchev–Trinajstić information content (AvgIpc) is 2.70. The van der Waals surface area contributed by atoms with E-state index in [0.717, 1.165) is 0 Å². The number of aromatic amines is 1. The molecule has 0 fully saturated rings. The second-order valence-corrected chi connectivity index (χ2v) is 2.55. The number of nitrogens with one attached hydrogen (secondary N) is 1. The largest absolute Gasteiger partial charge is 0.310 e. The van der Waals surface area contributed by atoms with Crippen molar-refractivity contribution in [2.75, 3.05) is 0 Å². The van der Waals surface area contributed by atoms with E-state index < -0.39 is 4.92 Å². The van der Waals surface area contributed by atoms with Gasteiger partial charge in [-0.15, -0.1) is 4.68 Å². The van der Waals surface area contributed by atoms with Gasteiger partial charge in [-0.3, -0.25) is 10.1 Å².